The first kappa shape index (κ1) is 17.2. The molecule has 0 saturated carbocycles. The Bertz CT molecular complexity index is 712. The van der Waals surface area contributed by atoms with Gasteiger partial charge in [-0.05, 0) is 62.4 Å². The number of nitrogens with two attached hydrogens (primary N) is 1. The van der Waals surface area contributed by atoms with Crippen molar-refractivity contribution in [2.45, 2.75) is 19.4 Å². The SMILES string of the molecule is CC(C)(Oc1ccc(Cl)cc1)C(=O)Oc1ccc(C(N)=S)cc1. The molecule has 6 heteroatoms. The van der Waals surface area contributed by atoms with Crippen LogP contribution < -0.4 is 15.2 Å². The fraction of sp³-hybridized carbons (Fsp3) is 0.176. The molecule has 0 spiro atoms. The molecule has 0 atom stereocenters. The molecule has 4 nitrogen and oxygen atoms in total. The summed E-state index contributed by atoms with van der Waals surface area (Å²) in [6.07, 6.45) is 0. The highest BCUT2D eigenvalue weighted by Crippen LogP contribution is 2.23. The maximum absolute atomic E-state index is 12.3. The molecular weight excluding hydrogens is 334 g/mol. The van der Waals surface area contributed by atoms with Gasteiger partial charge in [-0.15, -0.1) is 0 Å². The number of rotatable bonds is 5. The standard InChI is InChI=1S/C17H16ClNO3S/c1-17(2,22-14-9-5-12(18)6-10-14)16(20)21-13-7-3-11(4-8-13)15(19)23/h3-10H,1-2H3,(H2,19,23). The average Bonchev–Trinajstić information content (AvgIpc) is 2.50. The fourth-order valence-corrected chi connectivity index (χ4v) is 2.02. The molecule has 0 aliphatic heterocycles. The van der Waals surface area contributed by atoms with E-state index in [9.17, 15) is 4.79 Å². The van der Waals surface area contributed by atoms with Crippen LogP contribution in [0.15, 0.2) is 48.5 Å². The van der Waals surface area contributed by atoms with Crippen LogP contribution in [0.4, 0.5) is 0 Å². The molecule has 0 saturated heterocycles. The number of ether oxygens (including phenoxy) is 2. The topological polar surface area (TPSA) is 61.5 Å². The molecule has 2 aromatic carbocycles. The molecule has 23 heavy (non-hydrogen) atoms. The summed E-state index contributed by atoms with van der Waals surface area (Å²) in [5.74, 6) is 0.401. The van der Waals surface area contributed by atoms with E-state index in [1.54, 1.807) is 62.4 Å². The van der Waals surface area contributed by atoms with Gasteiger partial charge in [0.15, 0.2) is 0 Å². The summed E-state index contributed by atoms with van der Waals surface area (Å²) in [6.45, 7) is 3.26. The Kier molecular flexibility index (Phi) is 5.23. The monoisotopic (exact) mass is 349 g/mol. The zero-order valence-electron chi connectivity index (χ0n) is 12.7. The predicted molar refractivity (Wildman–Crippen MR) is 94.1 cm³/mol. The van der Waals surface area contributed by atoms with Crippen molar-refractivity contribution in [1.29, 1.82) is 0 Å². The molecule has 0 aliphatic rings. The van der Waals surface area contributed by atoms with E-state index in [1.807, 2.05) is 0 Å². The third-order valence-electron chi connectivity index (χ3n) is 3.03. The van der Waals surface area contributed by atoms with Crippen molar-refractivity contribution >= 4 is 34.8 Å². The average molecular weight is 350 g/mol. The third-order valence-corrected chi connectivity index (χ3v) is 3.52. The molecule has 0 heterocycles. The number of carbonyl (C=O) groups is 1. The molecular formula is C17H16ClNO3S. The molecule has 0 radical (unpaired) electrons. The first-order valence-corrected chi connectivity index (χ1v) is 7.63. The second-order valence-electron chi connectivity index (χ2n) is 5.34. The van der Waals surface area contributed by atoms with Crippen molar-refractivity contribution in [1.82, 2.24) is 0 Å². The third kappa shape index (κ3) is 4.68. The highest BCUT2D eigenvalue weighted by atomic mass is 35.5. The van der Waals surface area contributed by atoms with Crippen LogP contribution in [0, 0.1) is 0 Å². The van der Waals surface area contributed by atoms with Crippen LogP contribution in [0.1, 0.15) is 19.4 Å². The lowest BCUT2D eigenvalue weighted by Crippen LogP contribution is -2.41. The van der Waals surface area contributed by atoms with Gasteiger partial charge in [-0.3, -0.25) is 0 Å². The molecule has 120 valence electrons. The number of hydrogen-bond acceptors (Lipinski definition) is 4. The van der Waals surface area contributed by atoms with Crippen LogP contribution in [0.3, 0.4) is 0 Å². The Morgan fingerprint density at radius 2 is 1.57 bits per heavy atom. The van der Waals surface area contributed by atoms with Crippen LogP contribution in [0.5, 0.6) is 11.5 Å². The van der Waals surface area contributed by atoms with Gasteiger partial charge in [0, 0.05) is 10.6 Å². The van der Waals surface area contributed by atoms with Gasteiger partial charge in [0.25, 0.3) is 0 Å². The molecule has 0 bridgehead atoms. The van der Waals surface area contributed by atoms with Crippen molar-refractivity contribution in [3.63, 3.8) is 0 Å². The van der Waals surface area contributed by atoms with Crippen molar-refractivity contribution in [2.24, 2.45) is 5.73 Å². The minimum Gasteiger partial charge on any atom is -0.476 e. The van der Waals surface area contributed by atoms with Gasteiger partial charge < -0.3 is 15.2 Å². The lowest BCUT2D eigenvalue weighted by Gasteiger charge is -2.24. The van der Waals surface area contributed by atoms with E-state index in [2.05, 4.69) is 0 Å². The Balaban J connectivity index is 2.05. The normalized spacial score (nSPS) is 10.9. The Morgan fingerprint density at radius 1 is 1.04 bits per heavy atom. The Morgan fingerprint density at radius 3 is 2.09 bits per heavy atom. The summed E-state index contributed by atoms with van der Waals surface area (Å²) in [5, 5.41) is 0.593. The molecule has 0 fully saturated rings. The molecule has 2 rings (SSSR count). The summed E-state index contributed by atoms with van der Waals surface area (Å²) < 4.78 is 11.0. The number of benzene rings is 2. The zero-order chi connectivity index (χ0) is 17.0. The van der Waals surface area contributed by atoms with Crippen LogP contribution >= 0.6 is 23.8 Å². The minimum absolute atomic E-state index is 0.286. The number of hydrogen-bond donors (Lipinski definition) is 1. The molecule has 0 unspecified atom stereocenters. The molecule has 0 amide bonds. The van der Waals surface area contributed by atoms with Crippen molar-refractivity contribution in [3.8, 4) is 11.5 Å². The number of esters is 1. The maximum Gasteiger partial charge on any atom is 0.355 e. The summed E-state index contributed by atoms with van der Waals surface area (Å²) in [5.41, 5.74) is 5.07. The van der Waals surface area contributed by atoms with Crippen LogP contribution in [-0.2, 0) is 4.79 Å². The van der Waals surface area contributed by atoms with E-state index in [-0.39, 0.29) is 4.99 Å². The van der Waals surface area contributed by atoms with E-state index in [4.69, 9.17) is 39.0 Å². The van der Waals surface area contributed by atoms with Gasteiger partial charge in [0.2, 0.25) is 5.60 Å². The Labute approximate surface area is 145 Å². The number of carbonyl (C=O) groups excluding carboxylic acids is 1. The van der Waals surface area contributed by atoms with Crippen LogP contribution in [0.25, 0.3) is 0 Å². The molecule has 0 aromatic heterocycles. The summed E-state index contributed by atoms with van der Waals surface area (Å²) >= 11 is 10.7. The van der Waals surface area contributed by atoms with Gasteiger partial charge in [-0.2, -0.15) is 0 Å². The quantitative estimate of drug-likeness (QED) is 0.506. The largest absolute Gasteiger partial charge is 0.476 e. The van der Waals surface area contributed by atoms with Crippen molar-refractivity contribution in [3.05, 3.63) is 59.1 Å². The second-order valence-corrected chi connectivity index (χ2v) is 6.22. The van der Waals surface area contributed by atoms with Crippen molar-refractivity contribution in [2.75, 3.05) is 0 Å². The van der Waals surface area contributed by atoms with E-state index >= 15 is 0 Å². The fourth-order valence-electron chi connectivity index (χ4n) is 1.76. The summed E-state index contributed by atoms with van der Waals surface area (Å²) in [7, 11) is 0. The van der Waals surface area contributed by atoms with E-state index < -0.39 is 11.6 Å². The summed E-state index contributed by atoms with van der Waals surface area (Å²) in [4.78, 5) is 12.6. The van der Waals surface area contributed by atoms with Gasteiger partial charge in [0.05, 0.1) is 0 Å². The predicted octanol–water partition coefficient (Wildman–Crippen LogP) is 3.74. The number of thiocarbonyl (C=S) groups is 1. The van der Waals surface area contributed by atoms with E-state index in [0.717, 1.165) is 0 Å². The van der Waals surface area contributed by atoms with Gasteiger partial charge in [0.1, 0.15) is 16.5 Å². The van der Waals surface area contributed by atoms with Crippen molar-refractivity contribution < 1.29 is 14.3 Å². The highest BCUT2D eigenvalue weighted by molar-refractivity contribution is 7.80. The smallest absolute Gasteiger partial charge is 0.355 e. The van der Waals surface area contributed by atoms with E-state index in [0.29, 0.717) is 22.1 Å². The second kappa shape index (κ2) is 6.98. The van der Waals surface area contributed by atoms with Gasteiger partial charge in [-0.1, -0.05) is 23.8 Å². The maximum atomic E-state index is 12.3. The van der Waals surface area contributed by atoms with E-state index in [1.165, 1.54) is 0 Å². The lowest BCUT2D eigenvalue weighted by molar-refractivity contribution is -0.149. The van der Waals surface area contributed by atoms with Crippen LogP contribution in [0.2, 0.25) is 5.02 Å². The first-order chi connectivity index (χ1) is 10.8. The first-order valence-electron chi connectivity index (χ1n) is 6.85. The minimum atomic E-state index is -1.16. The highest BCUT2D eigenvalue weighted by Gasteiger charge is 2.32. The van der Waals surface area contributed by atoms with Gasteiger partial charge in [-0.25, -0.2) is 4.79 Å². The molecule has 2 N–H and O–H groups in total. The zero-order valence-corrected chi connectivity index (χ0v) is 14.3. The summed E-state index contributed by atoms with van der Waals surface area (Å²) in [6, 6.07) is 13.4. The molecule has 0 aliphatic carbocycles. The number of halogens is 1. The van der Waals surface area contributed by atoms with Crippen LogP contribution in [-0.4, -0.2) is 16.6 Å². The van der Waals surface area contributed by atoms with Gasteiger partial charge >= 0.3 is 5.97 Å². The lowest BCUT2D eigenvalue weighted by atomic mass is 10.1. The Hall–Kier alpha value is -2.11. The molecule has 2 aromatic rings.